The van der Waals surface area contributed by atoms with E-state index in [2.05, 4.69) is 22.0 Å². The number of hydrogen-bond donors (Lipinski definition) is 0. The van der Waals surface area contributed by atoms with Crippen LogP contribution in [0.2, 0.25) is 0 Å². The summed E-state index contributed by atoms with van der Waals surface area (Å²) in [6.45, 7) is 3.76. The van der Waals surface area contributed by atoms with E-state index in [0.29, 0.717) is 18.2 Å². The van der Waals surface area contributed by atoms with E-state index in [1.165, 1.54) is 24.8 Å². The van der Waals surface area contributed by atoms with Crippen molar-refractivity contribution < 1.29 is 4.79 Å². The van der Waals surface area contributed by atoms with Crippen LogP contribution >= 0.6 is 0 Å². The molecule has 1 unspecified atom stereocenters. The number of carbonyl (C=O) groups is 1. The summed E-state index contributed by atoms with van der Waals surface area (Å²) in [6, 6.07) is 4.56. The Labute approximate surface area is 109 Å². The van der Waals surface area contributed by atoms with Crippen molar-refractivity contribution in [1.82, 2.24) is 9.88 Å². The van der Waals surface area contributed by atoms with Gasteiger partial charge in [-0.2, -0.15) is 0 Å². The molecule has 0 radical (unpaired) electrons. The van der Waals surface area contributed by atoms with Gasteiger partial charge < -0.3 is 0 Å². The van der Waals surface area contributed by atoms with Crippen molar-refractivity contribution >= 4 is 5.78 Å². The van der Waals surface area contributed by atoms with Gasteiger partial charge in [0.1, 0.15) is 5.78 Å². The number of hydrogen-bond acceptors (Lipinski definition) is 3. The zero-order valence-corrected chi connectivity index (χ0v) is 11.1. The Hall–Kier alpha value is -1.22. The van der Waals surface area contributed by atoms with Gasteiger partial charge in [0.25, 0.3) is 0 Å². The van der Waals surface area contributed by atoms with Gasteiger partial charge in [-0.25, -0.2) is 0 Å². The van der Waals surface area contributed by atoms with Crippen LogP contribution in [-0.4, -0.2) is 28.3 Å². The maximum absolute atomic E-state index is 11.4. The molecule has 2 heterocycles. The largest absolute Gasteiger partial charge is 0.300 e. The lowest BCUT2D eigenvalue weighted by molar-refractivity contribution is -0.118. The van der Waals surface area contributed by atoms with Gasteiger partial charge in [0.05, 0.1) is 0 Å². The summed E-state index contributed by atoms with van der Waals surface area (Å²) in [6.07, 6.45) is 9.33. The lowest BCUT2D eigenvalue weighted by Crippen LogP contribution is -2.35. The minimum absolute atomic E-state index is 0.307. The van der Waals surface area contributed by atoms with Gasteiger partial charge in [-0.1, -0.05) is 12.8 Å². The third kappa shape index (κ3) is 3.91. The number of ketones is 1. The summed E-state index contributed by atoms with van der Waals surface area (Å²) in [7, 11) is 0. The van der Waals surface area contributed by atoms with Gasteiger partial charge in [0.15, 0.2) is 0 Å². The molecule has 1 saturated heterocycles. The van der Waals surface area contributed by atoms with Gasteiger partial charge in [-0.3, -0.25) is 14.7 Å². The molecule has 3 nitrogen and oxygen atoms in total. The normalized spacial score (nSPS) is 21.5. The second-order valence-corrected chi connectivity index (χ2v) is 5.24. The Morgan fingerprint density at radius 3 is 2.83 bits per heavy atom. The van der Waals surface area contributed by atoms with Gasteiger partial charge >= 0.3 is 0 Å². The molecule has 1 fully saturated rings. The van der Waals surface area contributed by atoms with Crippen LogP contribution in [-0.2, 0) is 11.3 Å². The van der Waals surface area contributed by atoms with Crippen molar-refractivity contribution in [2.24, 2.45) is 0 Å². The second-order valence-electron chi connectivity index (χ2n) is 5.24. The van der Waals surface area contributed by atoms with Crippen molar-refractivity contribution in [3.05, 3.63) is 30.1 Å². The topological polar surface area (TPSA) is 33.2 Å². The molecule has 1 aromatic rings. The molecule has 1 aliphatic rings. The number of likely N-dealkylation sites (tertiary alicyclic amines) is 1. The third-order valence-corrected chi connectivity index (χ3v) is 3.66. The molecule has 1 atom stereocenters. The van der Waals surface area contributed by atoms with Crippen LogP contribution in [0.3, 0.4) is 0 Å². The maximum atomic E-state index is 11.4. The van der Waals surface area contributed by atoms with Crippen LogP contribution in [0.1, 0.15) is 44.6 Å². The molecular weight excluding hydrogens is 224 g/mol. The molecule has 98 valence electrons. The quantitative estimate of drug-likeness (QED) is 0.819. The molecule has 1 aliphatic heterocycles. The molecule has 0 bridgehead atoms. The zero-order chi connectivity index (χ0) is 12.8. The molecule has 0 aliphatic carbocycles. The minimum Gasteiger partial charge on any atom is -0.300 e. The first-order valence-corrected chi connectivity index (χ1v) is 6.88. The van der Waals surface area contributed by atoms with Crippen LogP contribution < -0.4 is 0 Å². The van der Waals surface area contributed by atoms with E-state index in [1.54, 1.807) is 6.92 Å². The Kier molecular flexibility index (Phi) is 4.88. The van der Waals surface area contributed by atoms with Gasteiger partial charge in [-0.05, 0) is 44.0 Å². The van der Waals surface area contributed by atoms with Crippen molar-refractivity contribution in [3.63, 3.8) is 0 Å². The molecular formula is C15H22N2O. The van der Waals surface area contributed by atoms with E-state index in [4.69, 9.17) is 0 Å². The van der Waals surface area contributed by atoms with E-state index in [0.717, 1.165) is 19.5 Å². The Morgan fingerprint density at radius 2 is 2.11 bits per heavy atom. The number of rotatable bonds is 4. The van der Waals surface area contributed by atoms with E-state index in [1.807, 2.05) is 12.4 Å². The molecule has 0 aromatic carbocycles. The second kappa shape index (κ2) is 6.64. The Bertz CT molecular complexity index is 377. The van der Waals surface area contributed by atoms with E-state index in [9.17, 15) is 4.79 Å². The number of carbonyl (C=O) groups excluding carboxylic acids is 1. The lowest BCUT2D eigenvalue weighted by Gasteiger charge is -2.29. The van der Waals surface area contributed by atoms with Crippen LogP contribution in [0.15, 0.2) is 24.5 Å². The van der Waals surface area contributed by atoms with Gasteiger partial charge in [-0.15, -0.1) is 0 Å². The summed E-state index contributed by atoms with van der Waals surface area (Å²) >= 11 is 0. The van der Waals surface area contributed by atoms with Crippen LogP contribution in [0.4, 0.5) is 0 Å². The fraction of sp³-hybridized carbons (Fsp3) is 0.600. The van der Waals surface area contributed by atoms with Gasteiger partial charge in [0.2, 0.25) is 0 Å². The highest BCUT2D eigenvalue weighted by Gasteiger charge is 2.22. The zero-order valence-electron chi connectivity index (χ0n) is 11.1. The number of aromatic nitrogens is 1. The van der Waals surface area contributed by atoms with Crippen LogP contribution in [0.5, 0.6) is 0 Å². The summed E-state index contributed by atoms with van der Waals surface area (Å²) in [5, 5.41) is 0. The predicted molar refractivity (Wildman–Crippen MR) is 72.2 cm³/mol. The number of pyridine rings is 1. The van der Waals surface area contributed by atoms with E-state index in [-0.39, 0.29) is 0 Å². The van der Waals surface area contributed by atoms with E-state index < -0.39 is 0 Å². The Balaban J connectivity index is 2.03. The lowest BCUT2D eigenvalue weighted by atomic mass is 10.0. The number of Topliss-reactive ketones (excluding diaryl/α,β-unsaturated/α-hetero) is 1. The predicted octanol–water partition coefficient (Wildman–Crippen LogP) is 2.81. The Morgan fingerprint density at radius 1 is 1.33 bits per heavy atom. The molecule has 1 aromatic heterocycles. The summed E-state index contributed by atoms with van der Waals surface area (Å²) in [5.74, 6) is 0.307. The van der Waals surface area contributed by atoms with E-state index >= 15 is 0 Å². The number of nitrogens with zero attached hydrogens (tertiary/aromatic N) is 2. The van der Waals surface area contributed by atoms with Crippen LogP contribution in [0.25, 0.3) is 0 Å². The fourth-order valence-corrected chi connectivity index (χ4v) is 2.73. The molecule has 18 heavy (non-hydrogen) atoms. The average Bonchev–Trinajstić information content (AvgIpc) is 2.56. The minimum atomic E-state index is 0.307. The smallest absolute Gasteiger partial charge is 0.131 e. The van der Waals surface area contributed by atoms with Crippen molar-refractivity contribution in [1.29, 1.82) is 0 Å². The molecule has 2 rings (SSSR count). The third-order valence-electron chi connectivity index (χ3n) is 3.66. The molecule has 0 amide bonds. The summed E-state index contributed by atoms with van der Waals surface area (Å²) in [5.41, 5.74) is 1.29. The first-order chi connectivity index (χ1) is 8.75. The molecule has 0 N–H and O–H groups in total. The summed E-state index contributed by atoms with van der Waals surface area (Å²) in [4.78, 5) is 17.9. The SMILES string of the molecule is CC(=O)CC1CCCCCN1Cc1ccncc1. The highest BCUT2D eigenvalue weighted by molar-refractivity contribution is 5.76. The first kappa shape index (κ1) is 13.2. The van der Waals surface area contributed by atoms with Crippen molar-refractivity contribution in [3.8, 4) is 0 Å². The molecule has 3 heteroatoms. The summed E-state index contributed by atoms with van der Waals surface area (Å²) < 4.78 is 0. The fourth-order valence-electron chi connectivity index (χ4n) is 2.73. The highest BCUT2D eigenvalue weighted by atomic mass is 16.1. The standard InChI is InChI=1S/C15H22N2O/c1-13(18)11-15-5-3-2-4-10-17(15)12-14-6-8-16-9-7-14/h6-9,15H,2-5,10-12H2,1H3. The van der Waals surface area contributed by atoms with Crippen molar-refractivity contribution in [2.45, 2.75) is 51.6 Å². The maximum Gasteiger partial charge on any atom is 0.131 e. The van der Waals surface area contributed by atoms with Crippen LogP contribution in [0, 0.1) is 0 Å². The monoisotopic (exact) mass is 246 g/mol. The first-order valence-electron chi connectivity index (χ1n) is 6.88. The average molecular weight is 246 g/mol. The molecule has 0 spiro atoms. The highest BCUT2D eigenvalue weighted by Crippen LogP contribution is 2.21. The molecule has 0 saturated carbocycles. The van der Waals surface area contributed by atoms with Crippen molar-refractivity contribution in [2.75, 3.05) is 6.54 Å². The van der Waals surface area contributed by atoms with Gasteiger partial charge in [0, 0.05) is 31.4 Å².